The summed E-state index contributed by atoms with van der Waals surface area (Å²) in [5.74, 6) is 0. The molecule has 0 N–H and O–H groups in total. The van der Waals surface area contributed by atoms with Crippen molar-refractivity contribution in [1.82, 2.24) is 4.98 Å². The Kier molecular flexibility index (Phi) is 4.29. The van der Waals surface area contributed by atoms with Crippen LogP contribution in [-0.4, -0.2) is 10.5 Å². The average Bonchev–Trinajstić information content (AvgIpc) is 3.06. The molecule has 0 amide bonds. The molecule has 0 aliphatic carbocycles. The van der Waals surface area contributed by atoms with Gasteiger partial charge in [0.15, 0.2) is 0 Å². The molecule has 0 spiro atoms. The van der Waals surface area contributed by atoms with Crippen molar-refractivity contribution in [3.05, 3.63) is 47.5 Å². The highest BCUT2D eigenvalue weighted by molar-refractivity contribution is 8.00. The monoisotopic (exact) mass is 357 g/mol. The zero-order valence-corrected chi connectivity index (χ0v) is 13.8. The number of benzene rings is 1. The molecule has 0 aliphatic heterocycles. The number of thiophene rings is 1. The first kappa shape index (κ1) is 15.6. The molecule has 2 heterocycles. The molecule has 0 saturated heterocycles. The Morgan fingerprint density at radius 3 is 2.27 bits per heavy atom. The van der Waals surface area contributed by atoms with E-state index >= 15 is 0 Å². The number of aryl methyl sites for hydroxylation is 1. The van der Waals surface area contributed by atoms with Gasteiger partial charge in [-0.2, -0.15) is 13.2 Å². The van der Waals surface area contributed by atoms with E-state index in [0.29, 0.717) is 0 Å². The molecule has 114 valence electrons. The van der Waals surface area contributed by atoms with Crippen molar-refractivity contribution in [2.45, 2.75) is 17.3 Å². The molecule has 0 bridgehead atoms. The van der Waals surface area contributed by atoms with Crippen LogP contribution in [0, 0.1) is 6.92 Å². The SMILES string of the molecule is Cc1ccc(-c2cnc(-c3ccc(SC(F)(F)F)cc3)s2)s1. The quantitative estimate of drug-likeness (QED) is 0.499. The van der Waals surface area contributed by atoms with Gasteiger partial charge in [-0.25, -0.2) is 4.98 Å². The van der Waals surface area contributed by atoms with Crippen LogP contribution in [0.4, 0.5) is 13.2 Å². The van der Waals surface area contributed by atoms with Crippen molar-refractivity contribution >= 4 is 34.4 Å². The van der Waals surface area contributed by atoms with Gasteiger partial charge in [-0.1, -0.05) is 12.1 Å². The summed E-state index contributed by atoms with van der Waals surface area (Å²) < 4.78 is 36.9. The number of rotatable bonds is 3. The molecule has 3 aromatic rings. The first-order valence-corrected chi connectivity index (χ1v) is 8.74. The molecule has 0 unspecified atom stereocenters. The van der Waals surface area contributed by atoms with Crippen LogP contribution in [-0.2, 0) is 0 Å². The van der Waals surface area contributed by atoms with E-state index in [-0.39, 0.29) is 16.7 Å². The van der Waals surface area contributed by atoms with Crippen LogP contribution >= 0.6 is 34.4 Å². The van der Waals surface area contributed by atoms with E-state index in [0.717, 1.165) is 20.3 Å². The first-order chi connectivity index (χ1) is 10.4. The minimum atomic E-state index is -4.26. The van der Waals surface area contributed by atoms with Gasteiger partial charge in [0.2, 0.25) is 0 Å². The third-order valence-electron chi connectivity index (χ3n) is 2.82. The maximum Gasteiger partial charge on any atom is 0.446 e. The third kappa shape index (κ3) is 3.71. The lowest BCUT2D eigenvalue weighted by Crippen LogP contribution is -1.98. The Bertz CT molecular complexity index is 772. The zero-order chi connectivity index (χ0) is 15.7. The fourth-order valence-corrected chi connectivity index (χ4v) is 4.29. The lowest BCUT2D eigenvalue weighted by Gasteiger charge is -2.05. The molecule has 7 heteroatoms. The van der Waals surface area contributed by atoms with E-state index in [2.05, 4.69) is 17.1 Å². The van der Waals surface area contributed by atoms with E-state index < -0.39 is 5.51 Å². The van der Waals surface area contributed by atoms with Gasteiger partial charge in [-0.3, -0.25) is 0 Å². The average molecular weight is 357 g/mol. The van der Waals surface area contributed by atoms with Gasteiger partial charge in [0, 0.05) is 26.4 Å². The van der Waals surface area contributed by atoms with Crippen LogP contribution < -0.4 is 0 Å². The Balaban J connectivity index is 1.81. The van der Waals surface area contributed by atoms with Gasteiger partial charge >= 0.3 is 5.51 Å². The summed E-state index contributed by atoms with van der Waals surface area (Å²) in [4.78, 5) is 8.02. The summed E-state index contributed by atoms with van der Waals surface area (Å²) in [7, 11) is 0. The number of halogens is 3. The van der Waals surface area contributed by atoms with Crippen LogP contribution in [0.2, 0.25) is 0 Å². The van der Waals surface area contributed by atoms with Crippen LogP contribution in [0.25, 0.3) is 20.3 Å². The van der Waals surface area contributed by atoms with Crippen molar-refractivity contribution in [2.24, 2.45) is 0 Å². The minimum absolute atomic E-state index is 0.106. The number of thioether (sulfide) groups is 1. The second-order valence-electron chi connectivity index (χ2n) is 4.51. The summed E-state index contributed by atoms with van der Waals surface area (Å²) in [6, 6.07) is 10.4. The molecule has 0 atom stereocenters. The highest BCUT2D eigenvalue weighted by Gasteiger charge is 2.29. The second kappa shape index (κ2) is 6.06. The molecule has 0 fully saturated rings. The molecule has 0 saturated carbocycles. The van der Waals surface area contributed by atoms with Crippen LogP contribution in [0.1, 0.15) is 4.88 Å². The van der Waals surface area contributed by atoms with E-state index in [1.807, 2.05) is 13.1 Å². The van der Waals surface area contributed by atoms with Gasteiger partial charge in [-0.15, -0.1) is 22.7 Å². The molecule has 22 heavy (non-hydrogen) atoms. The van der Waals surface area contributed by atoms with E-state index in [9.17, 15) is 13.2 Å². The number of thiazole rings is 1. The molecule has 1 aromatic carbocycles. The van der Waals surface area contributed by atoms with E-state index in [1.54, 1.807) is 34.8 Å². The highest BCUT2D eigenvalue weighted by Crippen LogP contribution is 2.39. The van der Waals surface area contributed by atoms with E-state index in [1.165, 1.54) is 17.0 Å². The molecule has 3 rings (SSSR count). The first-order valence-electron chi connectivity index (χ1n) is 6.29. The molecule has 0 aliphatic rings. The molecule has 2 aromatic heterocycles. The lowest BCUT2D eigenvalue weighted by atomic mass is 10.2. The Morgan fingerprint density at radius 2 is 1.68 bits per heavy atom. The highest BCUT2D eigenvalue weighted by atomic mass is 32.2. The van der Waals surface area contributed by atoms with Gasteiger partial charge in [0.25, 0.3) is 0 Å². The number of nitrogens with zero attached hydrogens (tertiary/aromatic N) is 1. The normalized spacial score (nSPS) is 11.8. The number of aromatic nitrogens is 1. The van der Waals surface area contributed by atoms with Gasteiger partial charge in [0.05, 0.1) is 4.88 Å². The van der Waals surface area contributed by atoms with Gasteiger partial charge in [0.1, 0.15) is 5.01 Å². The van der Waals surface area contributed by atoms with Crippen molar-refractivity contribution in [3.8, 4) is 20.3 Å². The molecule has 0 radical (unpaired) electrons. The van der Waals surface area contributed by atoms with Crippen molar-refractivity contribution in [3.63, 3.8) is 0 Å². The third-order valence-corrected chi connectivity index (χ3v) is 5.81. The largest absolute Gasteiger partial charge is 0.446 e. The Labute approximate surface area is 137 Å². The molecule has 1 nitrogen and oxygen atoms in total. The summed E-state index contributed by atoms with van der Waals surface area (Å²) >= 11 is 3.14. The van der Waals surface area contributed by atoms with Crippen LogP contribution in [0.5, 0.6) is 0 Å². The summed E-state index contributed by atoms with van der Waals surface area (Å²) in [5.41, 5.74) is -3.43. The van der Waals surface area contributed by atoms with Crippen LogP contribution in [0.15, 0.2) is 47.5 Å². The fourth-order valence-electron chi connectivity index (χ4n) is 1.89. The van der Waals surface area contributed by atoms with Gasteiger partial charge in [-0.05, 0) is 43.0 Å². The summed E-state index contributed by atoms with van der Waals surface area (Å²) in [6.45, 7) is 2.05. The zero-order valence-electron chi connectivity index (χ0n) is 11.3. The van der Waals surface area contributed by atoms with Crippen LogP contribution in [0.3, 0.4) is 0 Å². The Morgan fingerprint density at radius 1 is 0.955 bits per heavy atom. The smallest absolute Gasteiger partial charge is 0.244 e. The maximum atomic E-state index is 12.3. The topological polar surface area (TPSA) is 12.9 Å². The Hall–Kier alpha value is -1.31. The predicted molar refractivity (Wildman–Crippen MR) is 87.5 cm³/mol. The standard InChI is InChI=1S/C15H10F3NS3/c1-9-2-7-12(20-9)13-8-19-14(21-13)10-3-5-11(6-4-10)22-15(16,17)18/h2-8H,1H3. The summed E-state index contributed by atoms with van der Waals surface area (Å²) in [5, 5.41) is 0.810. The second-order valence-corrected chi connectivity index (χ2v) is 7.97. The van der Waals surface area contributed by atoms with Crippen molar-refractivity contribution in [2.75, 3.05) is 0 Å². The number of hydrogen-bond donors (Lipinski definition) is 0. The minimum Gasteiger partial charge on any atom is -0.244 e. The van der Waals surface area contributed by atoms with Crippen molar-refractivity contribution < 1.29 is 13.2 Å². The van der Waals surface area contributed by atoms with Gasteiger partial charge < -0.3 is 0 Å². The van der Waals surface area contributed by atoms with Crippen molar-refractivity contribution in [1.29, 1.82) is 0 Å². The van der Waals surface area contributed by atoms with E-state index in [4.69, 9.17) is 0 Å². The predicted octanol–water partition coefficient (Wildman–Crippen LogP) is 6.46. The molecular formula is C15H10F3NS3. The maximum absolute atomic E-state index is 12.3. The lowest BCUT2D eigenvalue weighted by molar-refractivity contribution is -0.0328. The molecular weight excluding hydrogens is 347 g/mol. The number of hydrogen-bond acceptors (Lipinski definition) is 4. The summed E-state index contributed by atoms with van der Waals surface area (Å²) in [6.07, 6.45) is 1.81. The fraction of sp³-hybridized carbons (Fsp3) is 0.133. The number of alkyl halides is 3.